The van der Waals surface area contributed by atoms with Gasteiger partial charge in [-0.2, -0.15) is 4.31 Å². The lowest BCUT2D eigenvalue weighted by Gasteiger charge is -2.23. The Balaban J connectivity index is 1.47. The highest BCUT2D eigenvalue weighted by molar-refractivity contribution is 7.89. The van der Waals surface area contributed by atoms with Crippen molar-refractivity contribution in [2.45, 2.75) is 30.8 Å². The molecule has 1 heterocycles. The highest BCUT2D eigenvalue weighted by Gasteiger charge is 2.26. The van der Waals surface area contributed by atoms with E-state index < -0.39 is 16.0 Å². The molecule has 7 heteroatoms. The Morgan fingerprint density at radius 1 is 0.718 bits per heavy atom. The van der Waals surface area contributed by atoms with E-state index in [2.05, 4.69) is 0 Å². The second-order valence-electron chi connectivity index (χ2n) is 9.50. The number of hydrogen-bond donors (Lipinski definition) is 1. The number of sulfonamides is 1. The van der Waals surface area contributed by atoms with Crippen LogP contribution in [0.5, 0.6) is 0 Å². The van der Waals surface area contributed by atoms with E-state index in [1.54, 1.807) is 28.8 Å². The summed E-state index contributed by atoms with van der Waals surface area (Å²) in [6.07, 6.45) is 1.24. The number of carbonyl (C=O) groups is 1. The van der Waals surface area contributed by atoms with Gasteiger partial charge in [-0.15, -0.1) is 0 Å². The second kappa shape index (κ2) is 11.7. The van der Waals surface area contributed by atoms with Crippen LogP contribution in [0.1, 0.15) is 27.2 Å². The zero-order valence-electron chi connectivity index (χ0n) is 21.5. The van der Waals surface area contributed by atoms with Crippen LogP contribution >= 0.6 is 0 Å². The lowest BCUT2D eigenvalue weighted by Crippen LogP contribution is -2.32. The van der Waals surface area contributed by atoms with Gasteiger partial charge in [-0.05, 0) is 53.8 Å². The summed E-state index contributed by atoms with van der Waals surface area (Å²) >= 11 is 0. The molecule has 0 saturated carbocycles. The van der Waals surface area contributed by atoms with E-state index in [1.807, 2.05) is 91.0 Å². The van der Waals surface area contributed by atoms with E-state index >= 15 is 0 Å². The first-order valence-electron chi connectivity index (χ1n) is 12.9. The number of rotatable bonds is 11. The first-order valence-corrected chi connectivity index (χ1v) is 14.3. The molecule has 198 valence electrons. The van der Waals surface area contributed by atoms with Crippen LogP contribution in [-0.2, 0) is 36.0 Å². The van der Waals surface area contributed by atoms with E-state index in [0.29, 0.717) is 36.8 Å². The Labute approximate surface area is 228 Å². The Kier molecular flexibility index (Phi) is 7.91. The van der Waals surface area contributed by atoms with Crippen molar-refractivity contribution >= 4 is 26.9 Å². The van der Waals surface area contributed by atoms with Crippen LogP contribution < -0.4 is 0 Å². The molecule has 1 N–H and O–H groups in total. The van der Waals surface area contributed by atoms with Gasteiger partial charge in [0.1, 0.15) is 5.69 Å². The van der Waals surface area contributed by atoms with Gasteiger partial charge in [0.2, 0.25) is 10.0 Å². The molecule has 0 unspecified atom stereocenters. The van der Waals surface area contributed by atoms with Crippen LogP contribution in [0.25, 0.3) is 10.9 Å². The number of aromatic nitrogens is 1. The van der Waals surface area contributed by atoms with Crippen LogP contribution in [0.3, 0.4) is 0 Å². The summed E-state index contributed by atoms with van der Waals surface area (Å²) in [5, 5.41) is 10.5. The highest BCUT2D eigenvalue weighted by atomic mass is 32.2. The Hall–Kier alpha value is -4.20. The van der Waals surface area contributed by atoms with Gasteiger partial charge in [0, 0.05) is 30.5 Å². The monoisotopic (exact) mass is 538 g/mol. The van der Waals surface area contributed by atoms with Crippen LogP contribution in [0.2, 0.25) is 0 Å². The molecule has 5 aromatic rings. The van der Waals surface area contributed by atoms with E-state index in [1.165, 1.54) is 4.31 Å². The summed E-state index contributed by atoms with van der Waals surface area (Å²) in [7, 11) is -3.86. The van der Waals surface area contributed by atoms with Crippen molar-refractivity contribution in [3.8, 4) is 0 Å². The molecular weight excluding hydrogens is 508 g/mol. The fourth-order valence-corrected chi connectivity index (χ4v) is 6.30. The molecule has 0 spiro atoms. The molecule has 5 rings (SSSR count). The predicted octanol–water partition coefficient (Wildman–Crippen LogP) is 6.02. The maximum Gasteiger partial charge on any atom is 0.352 e. The van der Waals surface area contributed by atoms with E-state index in [9.17, 15) is 18.3 Å². The summed E-state index contributed by atoms with van der Waals surface area (Å²) in [6.45, 7) is 1.03. The molecule has 1 aromatic heterocycles. The molecule has 0 bridgehead atoms. The summed E-state index contributed by atoms with van der Waals surface area (Å²) in [5.41, 5.74) is 3.89. The summed E-state index contributed by atoms with van der Waals surface area (Å²) in [5.74, 6) is -1.04. The quantitative estimate of drug-likeness (QED) is 0.223. The third kappa shape index (κ3) is 6.11. The summed E-state index contributed by atoms with van der Waals surface area (Å²) in [4.78, 5) is 12.2. The molecule has 0 aliphatic heterocycles. The largest absolute Gasteiger partial charge is 0.477 e. The molecular formula is C32H30N2O4S. The summed E-state index contributed by atoms with van der Waals surface area (Å²) in [6, 6.07) is 35.7. The number of benzene rings is 4. The van der Waals surface area contributed by atoms with E-state index in [0.717, 1.165) is 16.7 Å². The van der Waals surface area contributed by atoms with Gasteiger partial charge in [-0.1, -0.05) is 91.0 Å². The van der Waals surface area contributed by atoms with Crippen molar-refractivity contribution in [3.05, 3.63) is 138 Å². The summed E-state index contributed by atoms with van der Waals surface area (Å²) < 4.78 is 31.1. The van der Waals surface area contributed by atoms with Crippen molar-refractivity contribution in [2.24, 2.45) is 0 Å². The Bertz CT molecular complexity index is 1670. The van der Waals surface area contributed by atoms with Crippen LogP contribution in [0.15, 0.2) is 120 Å². The first kappa shape index (κ1) is 26.4. The molecule has 0 fully saturated rings. The van der Waals surface area contributed by atoms with Gasteiger partial charge in [0.15, 0.2) is 0 Å². The SMILES string of the molecule is O=C(O)c1cc2cc(S(=O)(=O)N(CCc3ccccc3)Cc3ccccc3)ccc2n1CCc1ccccc1. The standard InChI is InChI=1S/C32H30N2O4S/c35-32(36)31-23-28-22-29(16-17-30(28)34(31)21-19-26-12-6-2-7-13-26)39(37,38)33(24-27-14-8-3-9-15-27)20-18-25-10-4-1-5-11-25/h1-17,22-23H,18-21,24H2,(H,35,36). The number of hydrogen-bond acceptors (Lipinski definition) is 3. The number of carboxylic acid groups (broad SMARTS) is 1. The van der Waals surface area contributed by atoms with Crippen molar-refractivity contribution < 1.29 is 18.3 Å². The third-order valence-corrected chi connectivity index (χ3v) is 8.73. The van der Waals surface area contributed by atoms with Crippen molar-refractivity contribution in [2.75, 3.05) is 6.54 Å². The molecule has 0 aliphatic rings. The fourth-order valence-electron chi connectivity index (χ4n) is 4.83. The van der Waals surface area contributed by atoms with Gasteiger partial charge >= 0.3 is 5.97 Å². The highest BCUT2D eigenvalue weighted by Crippen LogP contribution is 2.27. The average molecular weight is 539 g/mol. The molecule has 0 amide bonds. The van der Waals surface area contributed by atoms with Gasteiger partial charge in [-0.25, -0.2) is 13.2 Å². The Morgan fingerprint density at radius 3 is 1.87 bits per heavy atom. The van der Waals surface area contributed by atoms with Crippen LogP contribution in [0, 0.1) is 0 Å². The number of aryl methyl sites for hydroxylation is 2. The zero-order chi connectivity index (χ0) is 27.2. The molecule has 0 aliphatic carbocycles. The van der Waals surface area contributed by atoms with E-state index in [-0.39, 0.29) is 17.1 Å². The maximum absolute atomic E-state index is 13.9. The molecule has 39 heavy (non-hydrogen) atoms. The van der Waals surface area contributed by atoms with Crippen molar-refractivity contribution in [1.29, 1.82) is 0 Å². The molecule has 0 radical (unpaired) electrons. The lowest BCUT2D eigenvalue weighted by atomic mass is 10.1. The van der Waals surface area contributed by atoms with Gasteiger partial charge < -0.3 is 9.67 Å². The van der Waals surface area contributed by atoms with Gasteiger partial charge in [0.25, 0.3) is 0 Å². The van der Waals surface area contributed by atoms with E-state index in [4.69, 9.17) is 0 Å². The second-order valence-corrected chi connectivity index (χ2v) is 11.4. The smallest absolute Gasteiger partial charge is 0.352 e. The zero-order valence-corrected chi connectivity index (χ0v) is 22.3. The van der Waals surface area contributed by atoms with Gasteiger partial charge in [0.05, 0.1) is 4.90 Å². The number of carboxylic acids is 1. The fraction of sp³-hybridized carbons (Fsp3) is 0.156. The lowest BCUT2D eigenvalue weighted by molar-refractivity contribution is 0.0685. The number of nitrogens with zero attached hydrogens (tertiary/aromatic N) is 2. The Morgan fingerprint density at radius 2 is 1.28 bits per heavy atom. The molecule has 6 nitrogen and oxygen atoms in total. The number of fused-ring (bicyclic) bond motifs is 1. The topological polar surface area (TPSA) is 79.6 Å². The minimum absolute atomic E-state index is 0.140. The van der Waals surface area contributed by atoms with Crippen LogP contribution in [0.4, 0.5) is 0 Å². The maximum atomic E-state index is 13.9. The normalized spacial score (nSPS) is 11.7. The minimum atomic E-state index is -3.86. The van der Waals surface area contributed by atoms with Gasteiger partial charge in [-0.3, -0.25) is 0 Å². The molecule has 0 atom stereocenters. The molecule has 4 aromatic carbocycles. The average Bonchev–Trinajstić information content (AvgIpc) is 3.34. The van der Waals surface area contributed by atoms with Crippen LogP contribution in [-0.4, -0.2) is 34.9 Å². The third-order valence-electron chi connectivity index (χ3n) is 6.89. The predicted molar refractivity (Wildman–Crippen MR) is 153 cm³/mol. The van der Waals surface area contributed by atoms with Crippen molar-refractivity contribution in [1.82, 2.24) is 8.87 Å². The first-order chi connectivity index (χ1) is 18.9. The minimum Gasteiger partial charge on any atom is -0.477 e. The number of aromatic carboxylic acids is 1. The van der Waals surface area contributed by atoms with Crippen molar-refractivity contribution in [3.63, 3.8) is 0 Å². The molecule has 0 saturated heterocycles.